The maximum Gasteiger partial charge on any atom is 0.303 e. The van der Waals surface area contributed by atoms with Gasteiger partial charge in [0.05, 0.1) is 13.1 Å². The largest absolute Gasteiger partial charge is 0.508 e. The van der Waals surface area contributed by atoms with Gasteiger partial charge in [-0.25, -0.2) is 4.39 Å². The molecule has 2 N–H and O–H groups in total. The fourth-order valence-electron chi connectivity index (χ4n) is 5.05. The zero-order valence-electron chi connectivity index (χ0n) is 20.4. The number of carbonyl (C=O) groups excluding carboxylic acids is 2. The first-order valence-electron chi connectivity index (χ1n) is 12.2. The lowest BCUT2D eigenvalue weighted by Gasteiger charge is -2.51. The first-order chi connectivity index (χ1) is 17.3. The second kappa shape index (κ2) is 11.4. The number of rotatable bonds is 6. The quantitative estimate of drug-likeness (QED) is 0.277. The van der Waals surface area contributed by atoms with E-state index in [0.29, 0.717) is 22.5 Å². The van der Waals surface area contributed by atoms with Crippen molar-refractivity contribution in [1.82, 2.24) is 0 Å². The van der Waals surface area contributed by atoms with Gasteiger partial charge in [-0.15, -0.1) is 0 Å². The molecular weight excluding hydrogens is 459 g/mol. The molecular formula is C29H32FN2O4+. The van der Waals surface area contributed by atoms with Gasteiger partial charge in [-0.2, -0.15) is 0 Å². The number of phenols is 1. The highest BCUT2D eigenvalue weighted by Gasteiger charge is 2.48. The van der Waals surface area contributed by atoms with E-state index in [4.69, 9.17) is 4.74 Å². The summed E-state index contributed by atoms with van der Waals surface area (Å²) in [6, 6.07) is 22.5. The summed E-state index contributed by atoms with van der Waals surface area (Å²) in [5.41, 5.74) is 2.51. The van der Waals surface area contributed by atoms with Crippen LogP contribution < -0.4 is 5.32 Å². The number of ketones is 1. The molecule has 3 fully saturated rings. The van der Waals surface area contributed by atoms with Gasteiger partial charge in [-0.05, 0) is 60.7 Å². The molecule has 0 aliphatic carbocycles. The van der Waals surface area contributed by atoms with Gasteiger partial charge < -0.3 is 19.6 Å². The van der Waals surface area contributed by atoms with E-state index in [2.05, 4.69) is 5.32 Å². The molecule has 2 bridgehead atoms. The number of nitrogens with one attached hydrogen (secondary N) is 1. The number of quaternary nitrogens is 1. The highest BCUT2D eigenvalue weighted by atomic mass is 19.1. The van der Waals surface area contributed by atoms with Crippen LogP contribution in [0.3, 0.4) is 0 Å². The summed E-state index contributed by atoms with van der Waals surface area (Å²) >= 11 is 0. The molecule has 3 saturated heterocycles. The predicted octanol–water partition coefficient (Wildman–Crippen LogP) is 5.32. The van der Waals surface area contributed by atoms with E-state index in [1.807, 2.05) is 30.3 Å². The number of carbonyl (C=O) groups is 2. The second-order valence-corrected chi connectivity index (χ2v) is 9.58. The maximum atomic E-state index is 12.6. The molecule has 0 spiro atoms. The number of ether oxygens (including phenoxy) is 1. The van der Waals surface area contributed by atoms with Crippen molar-refractivity contribution >= 4 is 23.1 Å². The number of nitrogens with zero attached hydrogens (tertiary/aromatic N) is 1. The van der Waals surface area contributed by atoms with Crippen molar-refractivity contribution in [2.45, 2.75) is 25.9 Å². The van der Waals surface area contributed by atoms with Crippen molar-refractivity contribution in [2.24, 2.45) is 5.92 Å². The Morgan fingerprint density at radius 1 is 0.944 bits per heavy atom. The average molecular weight is 492 g/mol. The van der Waals surface area contributed by atoms with Crippen molar-refractivity contribution in [1.29, 1.82) is 0 Å². The first kappa shape index (κ1) is 25.4. The highest BCUT2D eigenvalue weighted by molar-refractivity contribution is 5.97. The SMILES string of the molecule is CC(=O)OC1C[N+]2(CC(=O)c3ccc(O)cc3)CCC1CC2.Fc1ccc(Nc2ccccc2)cc1. The molecule has 3 heterocycles. The molecule has 0 saturated carbocycles. The Labute approximate surface area is 210 Å². The van der Waals surface area contributed by atoms with Gasteiger partial charge in [-0.3, -0.25) is 9.59 Å². The molecule has 7 heteroatoms. The van der Waals surface area contributed by atoms with Crippen LogP contribution in [0.15, 0.2) is 78.9 Å². The van der Waals surface area contributed by atoms with Crippen LogP contribution in [-0.4, -0.2) is 53.6 Å². The fraction of sp³-hybridized carbons (Fsp3) is 0.310. The molecule has 3 aromatic rings. The Kier molecular flexibility index (Phi) is 8.00. The van der Waals surface area contributed by atoms with Crippen molar-refractivity contribution < 1.29 is 28.3 Å². The first-order valence-corrected chi connectivity index (χ1v) is 12.2. The number of anilines is 2. The summed E-state index contributed by atoms with van der Waals surface area (Å²) in [7, 11) is 0. The Balaban J connectivity index is 0.000000187. The number of benzene rings is 3. The van der Waals surface area contributed by atoms with Crippen LogP contribution in [0.25, 0.3) is 0 Å². The number of phenolic OH excluding ortho intramolecular Hbond substituents is 1. The lowest BCUT2D eigenvalue weighted by molar-refractivity contribution is -0.938. The number of fused-ring (bicyclic) bond motifs is 3. The third kappa shape index (κ3) is 6.70. The molecule has 0 amide bonds. The Bertz CT molecular complexity index is 1160. The minimum Gasteiger partial charge on any atom is -0.508 e. The van der Waals surface area contributed by atoms with Crippen LogP contribution in [0.1, 0.15) is 30.1 Å². The van der Waals surface area contributed by atoms with Crippen molar-refractivity contribution in [3.05, 3.63) is 90.2 Å². The standard InChI is InChI=1S/C17H21NO4.C12H10FN/c1-12(19)22-17-11-18(8-6-14(17)7-9-18)10-16(21)13-2-4-15(20)5-3-13;13-10-6-8-12(9-7-10)14-11-4-2-1-3-5-11/h2-5,14,17H,6-11H2,1H3;1-9,14H/p+1. The van der Waals surface area contributed by atoms with Gasteiger partial charge in [0.15, 0.2) is 6.10 Å². The van der Waals surface area contributed by atoms with E-state index in [0.717, 1.165) is 43.9 Å². The van der Waals surface area contributed by atoms with Crippen LogP contribution in [0.4, 0.5) is 15.8 Å². The number of aromatic hydroxyl groups is 1. The number of hydrogen-bond acceptors (Lipinski definition) is 5. The Morgan fingerprint density at radius 2 is 1.56 bits per heavy atom. The van der Waals surface area contributed by atoms with Crippen molar-refractivity contribution in [2.75, 3.05) is 31.5 Å². The summed E-state index contributed by atoms with van der Waals surface area (Å²) < 4.78 is 18.8. The normalized spacial score (nSPS) is 22.2. The number of para-hydroxylation sites is 1. The van der Waals surface area contributed by atoms with Crippen LogP contribution in [0.2, 0.25) is 0 Å². The van der Waals surface area contributed by atoms with E-state index in [-0.39, 0.29) is 29.4 Å². The number of piperidine rings is 3. The monoisotopic (exact) mass is 491 g/mol. The zero-order valence-corrected chi connectivity index (χ0v) is 20.4. The molecule has 3 aliphatic heterocycles. The second-order valence-electron chi connectivity index (χ2n) is 9.58. The third-order valence-electron chi connectivity index (χ3n) is 6.93. The topological polar surface area (TPSA) is 75.6 Å². The molecule has 0 radical (unpaired) electrons. The number of esters is 1. The van der Waals surface area contributed by atoms with Crippen LogP contribution in [-0.2, 0) is 9.53 Å². The van der Waals surface area contributed by atoms with Crippen LogP contribution >= 0.6 is 0 Å². The van der Waals surface area contributed by atoms with E-state index >= 15 is 0 Å². The minimum absolute atomic E-state index is 0.0485. The van der Waals surface area contributed by atoms with E-state index in [1.165, 1.54) is 31.2 Å². The third-order valence-corrected chi connectivity index (χ3v) is 6.93. The molecule has 36 heavy (non-hydrogen) atoms. The highest BCUT2D eigenvalue weighted by Crippen LogP contribution is 2.35. The Hall–Kier alpha value is -3.71. The fourth-order valence-corrected chi connectivity index (χ4v) is 5.05. The minimum atomic E-state index is -0.234. The summed E-state index contributed by atoms with van der Waals surface area (Å²) in [5, 5.41) is 12.5. The van der Waals surface area contributed by atoms with Crippen molar-refractivity contribution in [3.8, 4) is 5.75 Å². The summed E-state index contributed by atoms with van der Waals surface area (Å²) in [6.45, 7) is 4.59. The molecule has 188 valence electrons. The van der Waals surface area contributed by atoms with Gasteiger partial charge in [0.2, 0.25) is 5.78 Å². The molecule has 1 unspecified atom stereocenters. The molecule has 0 aromatic heterocycles. The number of halogens is 1. The smallest absolute Gasteiger partial charge is 0.303 e. The molecule has 6 rings (SSSR count). The van der Waals surface area contributed by atoms with Gasteiger partial charge in [0, 0.05) is 42.6 Å². The zero-order chi connectivity index (χ0) is 25.5. The van der Waals surface area contributed by atoms with Crippen LogP contribution in [0, 0.1) is 11.7 Å². The van der Waals surface area contributed by atoms with Crippen molar-refractivity contribution in [3.63, 3.8) is 0 Å². The summed E-state index contributed by atoms with van der Waals surface area (Å²) in [4.78, 5) is 23.8. The van der Waals surface area contributed by atoms with Crippen LogP contribution in [0.5, 0.6) is 5.75 Å². The predicted molar refractivity (Wildman–Crippen MR) is 137 cm³/mol. The van der Waals surface area contributed by atoms with Gasteiger partial charge in [0.25, 0.3) is 0 Å². The molecule has 6 nitrogen and oxygen atoms in total. The molecule has 1 atom stereocenters. The molecule has 3 aromatic carbocycles. The number of hydrogen-bond donors (Lipinski definition) is 2. The maximum absolute atomic E-state index is 12.6. The van der Waals surface area contributed by atoms with Gasteiger partial charge >= 0.3 is 5.97 Å². The number of Topliss-reactive ketones (excluding diaryl/α,β-unsaturated/α-hetero) is 1. The lowest BCUT2D eigenvalue weighted by atomic mass is 9.83. The van der Waals surface area contributed by atoms with Gasteiger partial charge in [-0.1, -0.05) is 18.2 Å². The molecule has 3 aliphatic rings. The summed E-state index contributed by atoms with van der Waals surface area (Å²) in [6.07, 6.45) is 1.98. The van der Waals surface area contributed by atoms with E-state index in [1.54, 1.807) is 24.3 Å². The van der Waals surface area contributed by atoms with E-state index in [9.17, 15) is 19.1 Å². The Morgan fingerprint density at radius 3 is 2.17 bits per heavy atom. The summed E-state index contributed by atoms with van der Waals surface area (Å²) in [5.74, 6) is 0.247. The van der Waals surface area contributed by atoms with E-state index < -0.39 is 0 Å². The lowest BCUT2D eigenvalue weighted by Crippen LogP contribution is -2.65. The van der Waals surface area contributed by atoms with Gasteiger partial charge in [0.1, 0.15) is 24.7 Å². The average Bonchev–Trinajstić information content (AvgIpc) is 2.87.